The van der Waals surface area contributed by atoms with Crippen molar-refractivity contribution in [1.82, 2.24) is 9.97 Å². The molecule has 0 radical (unpaired) electrons. The number of nitrogens with one attached hydrogen (secondary N) is 2. The zero-order chi connectivity index (χ0) is 9.10. The number of imidazole rings is 1. The van der Waals surface area contributed by atoms with Gasteiger partial charge in [-0.15, -0.1) is 0 Å². The van der Waals surface area contributed by atoms with Crippen LogP contribution in [-0.2, 0) is 11.0 Å². The van der Waals surface area contributed by atoms with E-state index in [1.54, 1.807) is 12.4 Å². The highest BCUT2D eigenvalue weighted by molar-refractivity contribution is 7.87. The number of anilines is 1. The van der Waals surface area contributed by atoms with Gasteiger partial charge in [0, 0.05) is 12.4 Å². The molecule has 0 spiro atoms. The third-order valence-electron chi connectivity index (χ3n) is 2.30. The topological polar surface area (TPSA) is 57.8 Å². The van der Waals surface area contributed by atoms with Crippen LogP contribution in [0.25, 0.3) is 0 Å². The van der Waals surface area contributed by atoms with Crippen LogP contribution in [-0.4, -0.2) is 19.4 Å². The van der Waals surface area contributed by atoms with Gasteiger partial charge >= 0.3 is 0 Å². The highest BCUT2D eigenvalue weighted by Gasteiger charge is 2.21. The molecule has 5 heteroatoms. The Labute approximate surface area is 79.7 Å². The average Bonchev–Trinajstić information content (AvgIpc) is 2.74. The van der Waals surface area contributed by atoms with Crippen LogP contribution in [0.4, 0.5) is 5.95 Å². The second-order valence-corrected chi connectivity index (χ2v) is 4.71. The molecular weight excluding hydrogens is 186 g/mol. The molecule has 1 fully saturated rings. The fraction of sp³-hybridized carbons (Fsp3) is 0.625. The second-order valence-electron chi connectivity index (χ2n) is 3.24. The van der Waals surface area contributed by atoms with Crippen LogP contribution in [0, 0.1) is 0 Å². The number of aromatic nitrogens is 2. The van der Waals surface area contributed by atoms with Gasteiger partial charge in [0.1, 0.15) is 11.0 Å². The van der Waals surface area contributed by atoms with Gasteiger partial charge in [0.25, 0.3) is 0 Å². The summed E-state index contributed by atoms with van der Waals surface area (Å²) in [4.78, 5) is 6.84. The molecule has 1 aromatic rings. The van der Waals surface area contributed by atoms with Crippen molar-refractivity contribution in [3.05, 3.63) is 12.4 Å². The van der Waals surface area contributed by atoms with Gasteiger partial charge in [0.2, 0.25) is 5.95 Å². The van der Waals surface area contributed by atoms with E-state index in [1.807, 2.05) is 0 Å². The number of hydrogen-bond donors (Lipinski definition) is 2. The van der Waals surface area contributed by atoms with E-state index in [2.05, 4.69) is 14.7 Å². The molecule has 2 N–H and O–H groups in total. The largest absolute Gasteiger partial charge is 0.330 e. The molecule has 1 heterocycles. The Balaban J connectivity index is 1.91. The van der Waals surface area contributed by atoms with Crippen molar-refractivity contribution >= 4 is 16.9 Å². The van der Waals surface area contributed by atoms with Crippen molar-refractivity contribution in [3.8, 4) is 0 Å². The first-order chi connectivity index (χ1) is 6.36. The van der Waals surface area contributed by atoms with Crippen LogP contribution in [0.5, 0.6) is 0 Å². The number of hydrogen-bond acceptors (Lipinski definition) is 2. The van der Waals surface area contributed by atoms with Gasteiger partial charge in [-0.3, -0.25) is 4.72 Å². The molecule has 0 saturated heterocycles. The molecule has 1 aromatic heterocycles. The van der Waals surface area contributed by atoms with E-state index >= 15 is 0 Å². The third kappa shape index (κ3) is 2.09. The highest BCUT2D eigenvalue weighted by Crippen LogP contribution is 2.22. The molecule has 1 aliphatic carbocycles. The number of nitrogens with zero attached hydrogens (tertiary/aromatic N) is 1. The summed E-state index contributed by atoms with van der Waals surface area (Å²) in [6.45, 7) is 0. The van der Waals surface area contributed by atoms with Crippen LogP contribution in [0.2, 0.25) is 0 Å². The lowest BCUT2D eigenvalue weighted by atomic mass is 10.4. The number of H-pyrrole nitrogens is 1. The molecule has 4 nitrogen and oxygen atoms in total. The van der Waals surface area contributed by atoms with E-state index in [1.165, 1.54) is 12.8 Å². The summed E-state index contributed by atoms with van der Waals surface area (Å²) in [5, 5.41) is 0.310. The van der Waals surface area contributed by atoms with Gasteiger partial charge < -0.3 is 4.98 Å². The molecule has 13 heavy (non-hydrogen) atoms. The first kappa shape index (κ1) is 8.74. The number of aromatic amines is 1. The standard InChI is InChI=1S/C8H13N3OS/c12-13(7-3-1-2-4-7)11-8-9-5-6-10-8/h5-7H,1-4H2,(H2,9,10,11). The van der Waals surface area contributed by atoms with E-state index in [9.17, 15) is 4.21 Å². The molecule has 0 aliphatic heterocycles. The van der Waals surface area contributed by atoms with E-state index < -0.39 is 11.0 Å². The van der Waals surface area contributed by atoms with E-state index in [0.717, 1.165) is 12.8 Å². The van der Waals surface area contributed by atoms with Gasteiger partial charge in [0.05, 0.1) is 5.25 Å². The first-order valence-corrected chi connectivity index (χ1v) is 5.74. The maximum atomic E-state index is 11.7. The maximum absolute atomic E-state index is 11.7. The third-order valence-corrected chi connectivity index (χ3v) is 3.77. The van der Waals surface area contributed by atoms with E-state index in [0.29, 0.717) is 11.2 Å². The van der Waals surface area contributed by atoms with Crippen LogP contribution < -0.4 is 4.72 Å². The van der Waals surface area contributed by atoms with E-state index in [4.69, 9.17) is 0 Å². The van der Waals surface area contributed by atoms with Crippen LogP contribution in [0.1, 0.15) is 25.7 Å². The molecular formula is C8H13N3OS. The smallest absolute Gasteiger partial charge is 0.212 e. The predicted molar refractivity (Wildman–Crippen MR) is 52.6 cm³/mol. The Bertz CT molecular complexity index is 280. The Morgan fingerprint density at radius 3 is 2.92 bits per heavy atom. The second kappa shape index (κ2) is 3.91. The quantitative estimate of drug-likeness (QED) is 0.773. The fourth-order valence-corrected chi connectivity index (χ4v) is 2.83. The van der Waals surface area contributed by atoms with Crippen molar-refractivity contribution in [2.75, 3.05) is 4.72 Å². The molecule has 2 rings (SSSR count). The molecule has 72 valence electrons. The monoisotopic (exact) mass is 199 g/mol. The summed E-state index contributed by atoms with van der Waals surface area (Å²) in [5.74, 6) is 0.602. The van der Waals surface area contributed by atoms with Gasteiger partial charge in [-0.05, 0) is 12.8 Å². The molecule has 1 aliphatic rings. The lowest BCUT2D eigenvalue weighted by Gasteiger charge is -2.08. The van der Waals surface area contributed by atoms with Gasteiger partial charge in [-0.2, -0.15) is 0 Å². The van der Waals surface area contributed by atoms with Crippen molar-refractivity contribution in [3.63, 3.8) is 0 Å². The Kier molecular flexibility index (Phi) is 2.63. The van der Waals surface area contributed by atoms with Crippen LogP contribution >= 0.6 is 0 Å². The van der Waals surface area contributed by atoms with Crippen LogP contribution in [0.3, 0.4) is 0 Å². The molecule has 0 amide bonds. The molecule has 1 saturated carbocycles. The maximum Gasteiger partial charge on any atom is 0.212 e. The fourth-order valence-electron chi connectivity index (χ4n) is 1.60. The highest BCUT2D eigenvalue weighted by atomic mass is 32.2. The SMILES string of the molecule is O=S(Nc1ncc[nH]1)C1CCCC1. The number of rotatable bonds is 3. The Morgan fingerprint density at radius 1 is 1.54 bits per heavy atom. The first-order valence-electron chi connectivity index (χ1n) is 4.53. The Hall–Kier alpha value is -0.840. The average molecular weight is 199 g/mol. The minimum Gasteiger partial charge on any atom is -0.330 e. The van der Waals surface area contributed by atoms with Crippen molar-refractivity contribution in [2.24, 2.45) is 0 Å². The van der Waals surface area contributed by atoms with Gasteiger partial charge in [-0.25, -0.2) is 9.19 Å². The Morgan fingerprint density at radius 2 is 2.31 bits per heavy atom. The molecule has 1 atom stereocenters. The zero-order valence-electron chi connectivity index (χ0n) is 7.32. The van der Waals surface area contributed by atoms with Gasteiger partial charge in [0.15, 0.2) is 0 Å². The summed E-state index contributed by atoms with van der Waals surface area (Å²) in [7, 11) is -0.968. The predicted octanol–water partition coefficient (Wildman–Crippen LogP) is 1.43. The summed E-state index contributed by atoms with van der Waals surface area (Å²) < 4.78 is 14.5. The lowest BCUT2D eigenvalue weighted by molar-refractivity contribution is 0.672. The summed E-state index contributed by atoms with van der Waals surface area (Å²) in [5.41, 5.74) is 0. The lowest BCUT2D eigenvalue weighted by Crippen LogP contribution is -2.18. The zero-order valence-corrected chi connectivity index (χ0v) is 8.14. The van der Waals surface area contributed by atoms with Crippen molar-refractivity contribution in [2.45, 2.75) is 30.9 Å². The van der Waals surface area contributed by atoms with Crippen LogP contribution in [0.15, 0.2) is 12.4 Å². The molecule has 1 unspecified atom stereocenters. The van der Waals surface area contributed by atoms with Gasteiger partial charge in [-0.1, -0.05) is 12.8 Å². The summed E-state index contributed by atoms with van der Waals surface area (Å²) in [6, 6.07) is 0. The van der Waals surface area contributed by atoms with Crippen molar-refractivity contribution in [1.29, 1.82) is 0 Å². The van der Waals surface area contributed by atoms with Crippen molar-refractivity contribution < 1.29 is 4.21 Å². The molecule has 0 bridgehead atoms. The normalized spacial score (nSPS) is 20.3. The van der Waals surface area contributed by atoms with E-state index in [-0.39, 0.29) is 0 Å². The molecule has 0 aromatic carbocycles. The minimum atomic E-state index is -0.968. The summed E-state index contributed by atoms with van der Waals surface area (Å²) in [6.07, 6.45) is 7.91. The summed E-state index contributed by atoms with van der Waals surface area (Å²) >= 11 is 0. The minimum absolute atomic E-state index is 0.310.